The van der Waals surface area contributed by atoms with Gasteiger partial charge in [-0.05, 0) is 61.7 Å². The van der Waals surface area contributed by atoms with Crippen LogP contribution in [0.3, 0.4) is 0 Å². The Kier molecular flexibility index (Phi) is 7.58. The molecule has 0 radical (unpaired) electrons. The molecule has 8 nitrogen and oxygen atoms in total. The zero-order chi connectivity index (χ0) is 23.3. The van der Waals surface area contributed by atoms with E-state index in [2.05, 4.69) is 10.1 Å². The molecule has 2 aromatic rings. The van der Waals surface area contributed by atoms with Crippen LogP contribution >= 0.6 is 11.6 Å². The molecule has 2 aromatic carbocycles. The number of benzene rings is 2. The molecule has 0 aliphatic carbocycles. The van der Waals surface area contributed by atoms with E-state index in [9.17, 15) is 14.4 Å². The number of nitrogens with zero attached hydrogens (tertiary/aromatic N) is 1. The largest absolute Gasteiger partial charge is 0.496 e. The number of rotatable bonds is 7. The van der Waals surface area contributed by atoms with E-state index >= 15 is 0 Å². The fourth-order valence-corrected chi connectivity index (χ4v) is 3.74. The molecule has 1 N–H and O–H groups in total. The molecule has 0 saturated carbocycles. The summed E-state index contributed by atoms with van der Waals surface area (Å²) in [6.45, 7) is 2.08. The molecule has 1 atom stereocenters. The number of amides is 2. The van der Waals surface area contributed by atoms with Gasteiger partial charge in [0.05, 0.1) is 19.8 Å². The zero-order valence-corrected chi connectivity index (χ0v) is 18.9. The zero-order valence-electron chi connectivity index (χ0n) is 18.1. The number of hydrogen-bond acceptors (Lipinski definition) is 6. The van der Waals surface area contributed by atoms with Crippen molar-refractivity contribution >= 4 is 35.1 Å². The third-order valence-corrected chi connectivity index (χ3v) is 5.48. The lowest BCUT2D eigenvalue weighted by Crippen LogP contribution is -2.43. The number of carbonyl (C=O) groups excluding carboxylic acids is 3. The number of ether oxygens (including phenoxy) is 3. The van der Waals surface area contributed by atoms with Gasteiger partial charge in [-0.2, -0.15) is 0 Å². The molecular weight excluding hydrogens is 436 g/mol. The number of nitrogens with one attached hydrogen (secondary N) is 1. The lowest BCUT2D eigenvalue weighted by molar-refractivity contribution is -0.142. The highest BCUT2D eigenvalue weighted by Crippen LogP contribution is 2.29. The maximum absolute atomic E-state index is 13.2. The Hall–Kier alpha value is -3.26. The second kappa shape index (κ2) is 10.4. The number of esters is 1. The monoisotopic (exact) mass is 460 g/mol. The van der Waals surface area contributed by atoms with E-state index in [1.165, 1.54) is 14.2 Å². The van der Waals surface area contributed by atoms with Crippen LogP contribution in [-0.2, 0) is 14.3 Å². The average Bonchev–Trinajstić information content (AvgIpc) is 3.28. The predicted octanol–water partition coefficient (Wildman–Crippen LogP) is 3.45. The van der Waals surface area contributed by atoms with E-state index in [0.29, 0.717) is 47.2 Å². The van der Waals surface area contributed by atoms with E-state index in [1.54, 1.807) is 41.3 Å². The van der Waals surface area contributed by atoms with Crippen LogP contribution in [0.4, 0.5) is 5.69 Å². The highest BCUT2D eigenvalue weighted by molar-refractivity contribution is 6.31. The molecule has 32 heavy (non-hydrogen) atoms. The summed E-state index contributed by atoms with van der Waals surface area (Å²) in [5.74, 6) is -0.170. The molecule has 1 fully saturated rings. The Bertz CT molecular complexity index is 1030. The van der Waals surface area contributed by atoms with Crippen molar-refractivity contribution in [2.24, 2.45) is 0 Å². The minimum Gasteiger partial charge on any atom is -0.496 e. The first-order valence-electron chi connectivity index (χ1n) is 10.1. The molecule has 1 saturated heterocycles. The van der Waals surface area contributed by atoms with Gasteiger partial charge in [-0.25, -0.2) is 4.79 Å². The molecule has 0 spiro atoms. The Morgan fingerprint density at radius 2 is 1.94 bits per heavy atom. The molecular formula is C23H25ClN2O6. The van der Waals surface area contributed by atoms with Crippen molar-refractivity contribution in [2.75, 3.05) is 32.7 Å². The minimum atomic E-state index is -0.610. The molecule has 0 bridgehead atoms. The van der Waals surface area contributed by atoms with E-state index < -0.39 is 12.0 Å². The molecule has 1 unspecified atom stereocenters. The molecule has 0 aromatic heterocycles. The van der Waals surface area contributed by atoms with Crippen molar-refractivity contribution in [3.8, 4) is 11.5 Å². The van der Waals surface area contributed by atoms with Crippen molar-refractivity contribution in [3.63, 3.8) is 0 Å². The summed E-state index contributed by atoms with van der Waals surface area (Å²) in [7, 11) is 2.77. The van der Waals surface area contributed by atoms with Crippen LogP contribution in [0.5, 0.6) is 11.5 Å². The normalized spacial score (nSPS) is 15.2. The van der Waals surface area contributed by atoms with E-state index in [-0.39, 0.29) is 18.4 Å². The molecule has 1 aliphatic rings. The van der Waals surface area contributed by atoms with Crippen molar-refractivity contribution in [3.05, 3.63) is 52.5 Å². The summed E-state index contributed by atoms with van der Waals surface area (Å²) in [4.78, 5) is 39.0. The number of carbonyl (C=O) groups is 3. The van der Waals surface area contributed by atoms with Gasteiger partial charge in [0.15, 0.2) is 6.61 Å². The smallest absolute Gasteiger partial charge is 0.343 e. The fourth-order valence-electron chi connectivity index (χ4n) is 3.57. The number of likely N-dealkylation sites (tertiary alicyclic amines) is 1. The van der Waals surface area contributed by atoms with Gasteiger partial charge in [0.25, 0.3) is 5.91 Å². The van der Waals surface area contributed by atoms with Crippen LogP contribution in [0.1, 0.15) is 28.8 Å². The van der Waals surface area contributed by atoms with Crippen LogP contribution < -0.4 is 14.8 Å². The number of anilines is 1. The summed E-state index contributed by atoms with van der Waals surface area (Å²) in [5, 5.41) is 3.31. The third-order valence-electron chi connectivity index (χ3n) is 5.25. The van der Waals surface area contributed by atoms with Gasteiger partial charge in [-0.15, -0.1) is 0 Å². The number of halogens is 1. The minimum absolute atomic E-state index is 0.201. The molecule has 170 valence electrons. The summed E-state index contributed by atoms with van der Waals surface area (Å²) in [6.07, 6.45) is 1.27. The molecule has 1 aliphatic heterocycles. The van der Waals surface area contributed by atoms with E-state index in [1.807, 2.05) is 6.92 Å². The fraction of sp³-hybridized carbons (Fsp3) is 0.348. The van der Waals surface area contributed by atoms with Gasteiger partial charge in [-0.1, -0.05) is 11.6 Å². The van der Waals surface area contributed by atoms with Crippen LogP contribution in [0.25, 0.3) is 0 Å². The van der Waals surface area contributed by atoms with Gasteiger partial charge >= 0.3 is 5.97 Å². The Morgan fingerprint density at radius 3 is 2.62 bits per heavy atom. The number of hydrogen-bond donors (Lipinski definition) is 1. The second-order valence-corrected chi connectivity index (χ2v) is 7.77. The number of methoxy groups -OCH3 is 2. The molecule has 2 amide bonds. The van der Waals surface area contributed by atoms with Gasteiger partial charge in [0.1, 0.15) is 17.5 Å². The van der Waals surface area contributed by atoms with Crippen LogP contribution in [0.2, 0.25) is 5.02 Å². The molecule has 1 heterocycles. The van der Waals surface area contributed by atoms with Crippen molar-refractivity contribution < 1.29 is 28.6 Å². The summed E-state index contributed by atoms with van der Waals surface area (Å²) in [5.41, 5.74) is 1.68. The maximum atomic E-state index is 13.2. The Labute approximate surface area is 191 Å². The van der Waals surface area contributed by atoms with E-state index in [4.69, 9.17) is 21.1 Å². The number of aryl methyl sites for hydroxylation is 1. The molecule has 9 heteroatoms. The lowest BCUT2D eigenvalue weighted by Gasteiger charge is -2.25. The van der Waals surface area contributed by atoms with Gasteiger partial charge < -0.3 is 24.4 Å². The van der Waals surface area contributed by atoms with Gasteiger partial charge in [-0.3, -0.25) is 9.59 Å². The second-order valence-electron chi connectivity index (χ2n) is 7.33. The SMILES string of the molecule is COC(=O)COc1ccc(NC(=O)C2CCCN2C(=O)c2cc(Cl)ccc2OC)c(C)c1. The van der Waals surface area contributed by atoms with Gasteiger partial charge in [0, 0.05) is 17.3 Å². The average molecular weight is 461 g/mol. The summed E-state index contributed by atoms with van der Waals surface area (Å²) >= 11 is 6.07. The third kappa shape index (κ3) is 5.31. The quantitative estimate of drug-likeness (QED) is 0.636. The van der Waals surface area contributed by atoms with Gasteiger partial charge in [0.2, 0.25) is 5.91 Å². The highest BCUT2D eigenvalue weighted by atomic mass is 35.5. The van der Waals surface area contributed by atoms with Crippen molar-refractivity contribution in [2.45, 2.75) is 25.8 Å². The maximum Gasteiger partial charge on any atom is 0.343 e. The predicted molar refractivity (Wildman–Crippen MR) is 119 cm³/mol. The standard InChI is InChI=1S/C23H25ClN2O6/c1-14-11-16(32-13-21(27)31-3)7-8-18(14)25-22(28)19-5-4-10-26(19)23(29)17-12-15(24)6-9-20(17)30-2/h6-9,11-12,19H,4-5,10,13H2,1-3H3,(H,25,28). The Balaban J connectivity index is 1.71. The van der Waals surface area contributed by atoms with Crippen LogP contribution in [0, 0.1) is 6.92 Å². The first-order valence-corrected chi connectivity index (χ1v) is 10.5. The Morgan fingerprint density at radius 1 is 1.16 bits per heavy atom. The topological polar surface area (TPSA) is 94.2 Å². The summed E-state index contributed by atoms with van der Waals surface area (Å²) in [6, 6.07) is 9.28. The lowest BCUT2D eigenvalue weighted by atomic mass is 10.1. The van der Waals surface area contributed by atoms with Crippen LogP contribution in [-0.4, -0.2) is 56.1 Å². The molecule has 3 rings (SSSR count). The first-order chi connectivity index (χ1) is 15.3. The van der Waals surface area contributed by atoms with E-state index in [0.717, 1.165) is 5.56 Å². The summed E-state index contributed by atoms with van der Waals surface area (Å²) < 4.78 is 15.2. The van der Waals surface area contributed by atoms with Crippen LogP contribution in [0.15, 0.2) is 36.4 Å². The van der Waals surface area contributed by atoms with Crippen molar-refractivity contribution in [1.82, 2.24) is 4.90 Å². The van der Waals surface area contributed by atoms with Crippen molar-refractivity contribution in [1.29, 1.82) is 0 Å². The highest BCUT2D eigenvalue weighted by Gasteiger charge is 2.35. The first kappa shape index (κ1) is 23.4.